The lowest BCUT2D eigenvalue weighted by atomic mass is 10.3. The second kappa shape index (κ2) is 5.05. The Bertz CT molecular complexity index is 1070. The maximum Gasteiger partial charge on any atom is 0.269 e. The molecule has 9 heteroatoms. The zero-order valence-electron chi connectivity index (χ0n) is 11.7. The summed E-state index contributed by atoms with van der Waals surface area (Å²) in [7, 11) is 0. The van der Waals surface area contributed by atoms with Crippen LogP contribution in [0.3, 0.4) is 0 Å². The van der Waals surface area contributed by atoms with E-state index in [1.165, 1.54) is 24.3 Å². The van der Waals surface area contributed by atoms with Gasteiger partial charge in [0.1, 0.15) is 16.6 Å². The van der Waals surface area contributed by atoms with Gasteiger partial charge in [-0.2, -0.15) is 5.11 Å². The van der Waals surface area contributed by atoms with Crippen LogP contribution in [-0.2, 0) is 0 Å². The number of nitro benzene ring substituents is 1. The topological polar surface area (TPSA) is 122 Å². The van der Waals surface area contributed by atoms with E-state index in [1.807, 2.05) is 6.08 Å². The van der Waals surface area contributed by atoms with Gasteiger partial charge in [-0.15, -0.1) is 5.11 Å². The third-order valence-electron chi connectivity index (χ3n) is 3.35. The van der Waals surface area contributed by atoms with Crippen molar-refractivity contribution < 1.29 is 4.92 Å². The fourth-order valence-corrected chi connectivity index (χ4v) is 2.22. The zero-order valence-corrected chi connectivity index (χ0v) is 11.7. The molecule has 9 nitrogen and oxygen atoms in total. The molecule has 0 radical (unpaired) electrons. The third kappa shape index (κ3) is 2.33. The van der Waals surface area contributed by atoms with Crippen LogP contribution in [0.5, 0.6) is 0 Å². The number of aromatic amines is 1. The minimum absolute atomic E-state index is 0.00957. The fraction of sp³-hybridized carbons (Fsp3) is 0.0714. The Hall–Kier alpha value is -3.49. The predicted molar refractivity (Wildman–Crippen MR) is 81.3 cm³/mol. The van der Waals surface area contributed by atoms with E-state index in [4.69, 9.17) is 0 Å². The maximum atomic E-state index is 10.6. The number of benzene rings is 1. The number of nitrogens with one attached hydrogen (secondary N) is 1. The van der Waals surface area contributed by atoms with Crippen LogP contribution in [0.15, 0.2) is 45.7 Å². The van der Waals surface area contributed by atoms with Gasteiger partial charge in [-0.3, -0.25) is 15.1 Å². The minimum atomic E-state index is -0.461. The molecule has 0 saturated heterocycles. The van der Waals surface area contributed by atoms with E-state index in [0.717, 1.165) is 5.35 Å². The molecule has 112 valence electrons. The van der Waals surface area contributed by atoms with Gasteiger partial charge in [0, 0.05) is 18.3 Å². The first-order chi connectivity index (χ1) is 11.2. The summed E-state index contributed by atoms with van der Waals surface area (Å²) < 4.78 is 0. The van der Waals surface area contributed by atoms with Gasteiger partial charge in [0.25, 0.3) is 5.69 Å². The average Bonchev–Trinajstić information content (AvgIpc) is 3.17. The Balaban J connectivity index is 1.70. The Labute approximate surface area is 128 Å². The third-order valence-corrected chi connectivity index (χ3v) is 3.35. The molecule has 3 aromatic rings. The van der Waals surface area contributed by atoms with Gasteiger partial charge in [0.05, 0.1) is 17.2 Å². The highest BCUT2D eigenvalue weighted by Gasteiger charge is 2.09. The molecule has 1 aliphatic rings. The normalized spacial score (nSPS) is 13.0. The van der Waals surface area contributed by atoms with Crippen molar-refractivity contribution in [3.8, 4) is 0 Å². The molecule has 0 fully saturated rings. The highest BCUT2D eigenvalue weighted by atomic mass is 16.6. The Morgan fingerprint density at radius 3 is 2.78 bits per heavy atom. The highest BCUT2D eigenvalue weighted by Crippen LogP contribution is 2.24. The number of aromatic nitrogens is 3. The van der Waals surface area contributed by atoms with Gasteiger partial charge in [-0.25, -0.2) is 9.97 Å². The monoisotopic (exact) mass is 307 g/mol. The lowest BCUT2D eigenvalue weighted by Crippen LogP contribution is -2.28. The molecule has 1 aromatic carbocycles. The summed E-state index contributed by atoms with van der Waals surface area (Å²) >= 11 is 0. The van der Waals surface area contributed by atoms with Crippen molar-refractivity contribution in [3.05, 3.63) is 51.4 Å². The summed E-state index contributed by atoms with van der Waals surface area (Å²) in [4.78, 5) is 26.2. The Morgan fingerprint density at radius 1 is 1.17 bits per heavy atom. The van der Waals surface area contributed by atoms with Crippen molar-refractivity contribution in [1.29, 1.82) is 0 Å². The van der Waals surface area contributed by atoms with Crippen LogP contribution in [0.1, 0.15) is 0 Å². The van der Waals surface area contributed by atoms with Crippen LogP contribution in [0, 0.1) is 10.1 Å². The second-order valence-electron chi connectivity index (χ2n) is 4.82. The molecule has 0 atom stereocenters. The molecule has 0 aliphatic carbocycles. The van der Waals surface area contributed by atoms with Crippen molar-refractivity contribution in [3.63, 3.8) is 0 Å². The number of rotatable bonds is 3. The molecule has 0 amide bonds. The van der Waals surface area contributed by atoms with Gasteiger partial charge >= 0.3 is 0 Å². The van der Waals surface area contributed by atoms with E-state index in [0.29, 0.717) is 34.6 Å². The van der Waals surface area contributed by atoms with E-state index in [9.17, 15) is 10.1 Å². The van der Waals surface area contributed by atoms with E-state index in [-0.39, 0.29) is 5.69 Å². The standard InChI is InChI=1S/C14H9N7O2/c22-21(23)9-3-1-8(2-4-9)19-20-11-7-16-14-12(11)18-13-10(17-14)5-6-15-13/h1-5,7H,6H2,(H,16,17). The summed E-state index contributed by atoms with van der Waals surface area (Å²) in [5, 5.41) is 19.6. The van der Waals surface area contributed by atoms with Crippen molar-refractivity contribution in [2.75, 3.05) is 6.54 Å². The summed E-state index contributed by atoms with van der Waals surface area (Å²) in [5.41, 5.74) is 2.87. The summed E-state index contributed by atoms with van der Waals surface area (Å²) in [5.74, 6) is 0. The Kier molecular flexibility index (Phi) is 2.90. The van der Waals surface area contributed by atoms with Gasteiger partial charge in [0.2, 0.25) is 0 Å². The van der Waals surface area contributed by atoms with E-state index in [2.05, 4.69) is 30.2 Å². The summed E-state index contributed by atoms with van der Waals surface area (Å²) in [6.07, 6.45) is 3.56. The first-order valence-corrected chi connectivity index (χ1v) is 6.77. The number of hydrogen-bond acceptors (Lipinski definition) is 7. The van der Waals surface area contributed by atoms with E-state index < -0.39 is 4.92 Å². The smallest absolute Gasteiger partial charge is 0.269 e. The average molecular weight is 307 g/mol. The molecular formula is C14H9N7O2. The molecular weight excluding hydrogens is 298 g/mol. The van der Waals surface area contributed by atoms with Gasteiger partial charge in [0.15, 0.2) is 11.1 Å². The quantitative estimate of drug-likeness (QED) is 0.449. The maximum absolute atomic E-state index is 10.6. The van der Waals surface area contributed by atoms with Crippen LogP contribution in [0.25, 0.3) is 17.2 Å². The highest BCUT2D eigenvalue weighted by molar-refractivity contribution is 5.83. The number of nitrogens with zero attached hydrogens (tertiary/aromatic N) is 6. The molecule has 23 heavy (non-hydrogen) atoms. The molecule has 3 heterocycles. The van der Waals surface area contributed by atoms with Crippen LogP contribution < -0.4 is 10.8 Å². The number of hydrogen-bond donors (Lipinski definition) is 1. The van der Waals surface area contributed by atoms with Crippen molar-refractivity contribution in [2.24, 2.45) is 15.2 Å². The van der Waals surface area contributed by atoms with Gasteiger partial charge < -0.3 is 4.98 Å². The van der Waals surface area contributed by atoms with E-state index >= 15 is 0 Å². The van der Waals surface area contributed by atoms with Gasteiger partial charge in [-0.1, -0.05) is 0 Å². The molecule has 2 aromatic heterocycles. The van der Waals surface area contributed by atoms with Crippen molar-refractivity contribution in [1.82, 2.24) is 15.0 Å². The Morgan fingerprint density at radius 2 is 2.00 bits per heavy atom. The summed E-state index contributed by atoms with van der Waals surface area (Å²) in [6, 6.07) is 5.82. The SMILES string of the molecule is O=[N+]([O-])c1ccc(N=Nc2c[nH]c3nc4c(nc23)=NCC=4)cc1. The molecule has 1 aliphatic heterocycles. The minimum Gasteiger partial charge on any atom is -0.342 e. The molecule has 0 unspecified atom stereocenters. The number of nitro groups is 1. The molecule has 0 saturated carbocycles. The zero-order chi connectivity index (χ0) is 15.8. The van der Waals surface area contributed by atoms with E-state index in [1.54, 1.807) is 6.20 Å². The molecule has 0 spiro atoms. The van der Waals surface area contributed by atoms with Crippen molar-refractivity contribution in [2.45, 2.75) is 0 Å². The number of fused-ring (bicyclic) bond motifs is 2. The number of azo groups is 1. The summed E-state index contributed by atoms with van der Waals surface area (Å²) in [6.45, 7) is 0.585. The van der Waals surface area contributed by atoms with Crippen LogP contribution in [-0.4, -0.2) is 26.4 Å². The number of non-ortho nitro benzene ring substituents is 1. The second-order valence-corrected chi connectivity index (χ2v) is 4.82. The van der Waals surface area contributed by atoms with Crippen LogP contribution >= 0.6 is 0 Å². The first kappa shape index (κ1) is 13.2. The largest absolute Gasteiger partial charge is 0.342 e. The first-order valence-electron chi connectivity index (χ1n) is 6.77. The molecule has 0 bridgehead atoms. The predicted octanol–water partition coefficient (Wildman–Crippen LogP) is 1.70. The number of H-pyrrole nitrogens is 1. The van der Waals surface area contributed by atoms with Crippen LogP contribution in [0.2, 0.25) is 0 Å². The molecule has 1 N–H and O–H groups in total. The van der Waals surface area contributed by atoms with Gasteiger partial charge in [-0.05, 0) is 18.2 Å². The van der Waals surface area contributed by atoms with Crippen molar-refractivity contribution >= 4 is 34.3 Å². The van der Waals surface area contributed by atoms with Crippen LogP contribution in [0.4, 0.5) is 17.1 Å². The fourth-order valence-electron chi connectivity index (χ4n) is 2.22. The molecule has 4 rings (SSSR count). The lowest BCUT2D eigenvalue weighted by Gasteiger charge is -1.93. The lowest BCUT2D eigenvalue weighted by molar-refractivity contribution is -0.384.